The van der Waals surface area contributed by atoms with Crippen molar-refractivity contribution in [2.75, 3.05) is 13.2 Å². The van der Waals surface area contributed by atoms with E-state index in [1.54, 1.807) is 0 Å². The van der Waals surface area contributed by atoms with Gasteiger partial charge in [-0.25, -0.2) is 0 Å². The van der Waals surface area contributed by atoms with Gasteiger partial charge in [-0.2, -0.15) is 0 Å². The molecule has 0 amide bonds. The molecule has 0 N–H and O–H groups in total. The molecule has 36 heavy (non-hydrogen) atoms. The molecule has 4 nitrogen and oxygen atoms in total. The third kappa shape index (κ3) is 12.3. The number of ether oxygens (including phenoxy) is 4. The number of unbranched alkanes of at least 4 members (excludes halogenated alkanes) is 4. The van der Waals surface area contributed by atoms with E-state index < -0.39 is 0 Å². The molecule has 0 aliphatic rings. The molecule has 0 saturated carbocycles. The summed E-state index contributed by atoms with van der Waals surface area (Å²) >= 11 is 0. The average Bonchev–Trinajstić information content (AvgIpc) is 2.86. The molecule has 2 aromatic rings. The molecule has 2 rings (SSSR count). The Morgan fingerprint density at radius 2 is 0.889 bits per heavy atom. The van der Waals surface area contributed by atoms with Gasteiger partial charge in [0.2, 0.25) is 0 Å². The Hall–Kier alpha value is -2.04. The first-order valence-electron chi connectivity index (χ1n) is 14.2. The van der Waals surface area contributed by atoms with Gasteiger partial charge < -0.3 is 18.9 Å². The van der Waals surface area contributed by atoms with Gasteiger partial charge >= 0.3 is 0 Å². The third-order valence-corrected chi connectivity index (χ3v) is 5.89. The summed E-state index contributed by atoms with van der Waals surface area (Å²) < 4.78 is 24.4. The molecule has 0 aliphatic carbocycles. The Bertz CT molecular complexity index is 728. The van der Waals surface area contributed by atoms with E-state index in [1.807, 2.05) is 24.3 Å². The highest BCUT2D eigenvalue weighted by molar-refractivity contribution is 5.64. The van der Waals surface area contributed by atoms with Gasteiger partial charge in [0, 0.05) is 12.8 Å². The second-order valence-corrected chi connectivity index (χ2v) is 10.6. The van der Waals surface area contributed by atoms with Crippen molar-refractivity contribution in [3.63, 3.8) is 0 Å². The van der Waals surface area contributed by atoms with Crippen LogP contribution in [-0.4, -0.2) is 25.8 Å². The van der Waals surface area contributed by atoms with Gasteiger partial charge in [0.1, 0.15) is 11.5 Å². The Labute approximate surface area is 220 Å². The van der Waals surface area contributed by atoms with Crippen LogP contribution < -0.4 is 9.47 Å². The fraction of sp³-hybridized carbons (Fsp3) is 0.625. The van der Waals surface area contributed by atoms with Gasteiger partial charge in [-0.15, -0.1) is 0 Å². The maximum absolute atomic E-state index is 6.19. The molecule has 0 fully saturated rings. The number of hydrogen-bond donors (Lipinski definition) is 0. The largest absolute Gasteiger partial charge is 0.465 e. The maximum Gasteiger partial charge on any atom is 0.199 e. The van der Waals surface area contributed by atoms with Crippen molar-refractivity contribution in [1.82, 2.24) is 0 Å². The van der Waals surface area contributed by atoms with E-state index in [1.165, 1.54) is 25.7 Å². The van der Waals surface area contributed by atoms with E-state index >= 15 is 0 Å². The molecule has 0 radical (unpaired) electrons. The SMILES string of the molecule is CCCCCC(OCC(C)C)Oc1ccc(-c2ccc(OC(CCCCC)OCC(C)C)cc2)cc1. The second kappa shape index (κ2) is 17.4. The van der Waals surface area contributed by atoms with Crippen molar-refractivity contribution in [3.8, 4) is 22.6 Å². The van der Waals surface area contributed by atoms with Gasteiger partial charge in [-0.3, -0.25) is 0 Å². The van der Waals surface area contributed by atoms with Crippen molar-refractivity contribution >= 4 is 0 Å². The zero-order valence-electron chi connectivity index (χ0n) is 23.6. The van der Waals surface area contributed by atoms with E-state index in [4.69, 9.17) is 18.9 Å². The summed E-state index contributed by atoms with van der Waals surface area (Å²) in [6.07, 6.45) is 8.49. The Kier molecular flexibility index (Phi) is 14.6. The Morgan fingerprint density at radius 1 is 0.528 bits per heavy atom. The molecule has 0 aliphatic heterocycles. The molecule has 2 unspecified atom stereocenters. The molecular weight excluding hydrogens is 448 g/mol. The van der Waals surface area contributed by atoms with Crippen LogP contribution in [-0.2, 0) is 9.47 Å². The van der Waals surface area contributed by atoms with Crippen LogP contribution in [0.5, 0.6) is 11.5 Å². The lowest BCUT2D eigenvalue weighted by atomic mass is 10.1. The second-order valence-electron chi connectivity index (χ2n) is 10.6. The fourth-order valence-electron chi connectivity index (χ4n) is 3.83. The molecule has 4 heteroatoms. The summed E-state index contributed by atoms with van der Waals surface area (Å²) in [4.78, 5) is 0. The molecule has 0 saturated heterocycles. The lowest BCUT2D eigenvalue weighted by Gasteiger charge is -2.21. The summed E-state index contributed by atoms with van der Waals surface area (Å²) in [6.45, 7) is 14.5. The van der Waals surface area contributed by atoms with E-state index in [0.717, 1.165) is 48.3 Å². The lowest BCUT2D eigenvalue weighted by molar-refractivity contribution is -0.0939. The number of rotatable bonds is 19. The molecule has 0 spiro atoms. The highest BCUT2D eigenvalue weighted by atomic mass is 16.7. The normalized spacial score (nSPS) is 13.2. The van der Waals surface area contributed by atoms with Crippen molar-refractivity contribution in [2.24, 2.45) is 11.8 Å². The molecule has 2 aromatic carbocycles. The van der Waals surface area contributed by atoms with Crippen LogP contribution in [0.3, 0.4) is 0 Å². The third-order valence-electron chi connectivity index (χ3n) is 5.89. The van der Waals surface area contributed by atoms with Crippen LogP contribution in [0.2, 0.25) is 0 Å². The van der Waals surface area contributed by atoms with Crippen molar-refractivity contribution in [2.45, 2.75) is 105 Å². The quantitative estimate of drug-likeness (QED) is 0.143. The van der Waals surface area contributed by atoms with Crippen molar-refractivity contribution in [3.05, 3.63) is 48.5 Å². The summed E-state index contributed by atoms with van der Waals surface area (Å²) in [6, 6.07) is 16.6. The molecular formula is C32H50O4. The van der Waals surface area contributed by atoms with Crippen molar-refractivity contribution < 1.29 is 18.9 Å². The van der Waals surface area contributed by atoms with Gasteiger partial charge in [-0.1, -0.05) is 91.5 Å². The topological polar surface area (TPSA) is 36.9 Å². The molecule has 0 heterocycles. The molecule has 202 valence electrons. The summed E-state index contributed by atoms with van der Waals surface area (Å²) in [7, 11) is 0. The van der Waals surface area contributed by atoms with Crippen LogP contribution in [0.15, 0.2) is 48.5 Å². The first-order chi connectivity index (χ1) is 17.4. The summed E-state index contributed by atoms with van der Waals surface area (Å²) in [5, 5.41) is 0. The Balaban J connectivity index is 1.97. The van der Waals surface area contributed by atoms with Crippen LogP contribution in [0.1, 0.15) is 92.9 Å². The lowest BCUT2D eigenvalue weighted by Crippen LogP contribution is -2.23. The van der Waals surface area contributed by atoms with Crippen LogP contribution >= 0.6 is 0 Å². The van der Waals surface area contributed by atoms with E-state index in [-0.39, 0.29) is 12.6 Å². The standard InChI is InChI=1S/C32H50O4/c1-7-9-11-13-31(33-23-25(3)4)35-29-19-15-27(16-20-29)28-17-21-30(22-18-28)36-32(14-12-10-8-2)34-24-26(5)6/h15-22,25-26,31-32H,7-14,23-24H2,1-6H3. The average molecular weight is 499 g/mol. The maximum atomic E-state index is 6.19. The number of benzene rings is 2. The van der Waals surface area contributed by atoms with Gasteiger partial charge in [0.15, 0.2) is 12.6 Å². The zero-order valence-corrected chi connectivity index (χ0v) is 23.6. The zero-order chi connectivity index (χ0) is 26.2. The minimum atomic E-state index is -0.190. The minimum absolute atomic E-state index is 0.190. The van der Waals surface area contributed by atoms with Crippen LogP contribution in [0.4, 0.5) is 0 Å². The van der Waals surface area contributed by atoms with E-state index in [0.29, 0.717) is 25.0 Å². The highest BCUT2D eigenvalue weighted by Gasteiger charge is 2.14. The smallest absolute Gasteiger partial charge is 0.199 e. The number of hydrogen-bond acceptors (Lipinski definition) is 4. The summed E-state index contributed by atoms with van der Waals surface area (Å²) in [5.74, 6) is 2.68. The summed E-state index contributed by atoms with van der Waals surface area (Å²) in [5.41, 5.74) is 2.30. The highest BCUT2D eigenvalue weighted by Crippen LogP contribution is 2.27. The Morgan fingerprint density at radius 3 is 1.19 bits per heavy atom. The van der Waals surface area contributed by atoms with E-state index in [2.05, 4.69) is 65.8 Å². The monoisotopic (exact) mass is 498 g/mol. The predicted molar refractivity (Wildman–Crippen MR) is 151 cm³/mol. The molecule has 0 aromatic heterocycles. The first-order valence-corrected chi connectivity index (χ1v) is 14.2. The van der Waals surface area contributed by atoms with Gasteiger partial charge in [-0.05, 0) is 60.1 Å². The van der Waals surface area contributed by atoms with E-state index in [9.17, 15) is 0 Å². The fourth-order valence-corrected chi connectivity index (χ4v) is 3.83. The molecule has 0 bridgehead atoms. The predicted octanol–water partition coefficient (Wildman–Crippen LogP) is 9.27. The van der Waals surface area contributed by atoms with Crippen LogP contribution in [0, 0.1) is 11.8 Å². The van der Waals surface area contributed by atoms with Gasteiger partial charge in [0.05, 0.1) is 13.2 Å². The first kappa shape index (κ1) is 30.2. The van der Waals surface area contributed by atoms with Crippen molar-refractivity contribution in [1.29, 1.82) is 0 Å². The minimum Gasteiger partial charge on any atom is -0.465 e. The van der Waals surface area contributed by atoms with Crippen LogP contribution in [0.25, 0.3) is 11.1 Å². The van der Waals surface area contributed by atoms with Gasteiger partial charge in [0.25, 0.3) is 0 Å². The molecule has 2 atom stereocenters.